The maximum atomic E-state index is 10.8. The van der Waals surface area contributed by atoms with Gasteiger partial charge in [0.2, 0.25) is 0 Å². The lowest BCUT2D eigenvalue weighted by molar-refractivity contribution is -0.139. The lowest BCUT2D eigenvalue weighted by Crippen LogP contribution is -2.03. The van der Waals surface area contributed by atoms with Crippen LogP contribution in [0.3, 0.4) is 0 Å². The second kappa shape index (κ2) is 7.35. The lowest BCUT2D eigenvalue weighted by atomic mass is 10.2. The van der Waals surface area contributed by atoms with Crippen LogP contribution in [0.2, 0.25) is 5.02 Å². The van der Waals surface area contributed by atoms with Crippen LogP contribution in [0.25, 0.3) is 0 Å². The highest BCUT2D eigenvalue weighted by molar-refractivity contribution is 6.30. The third-order valence-corrected chi connectivity index (χ3v) is 1.70. The maximum absolute atomic E-state index is 10.8. The van der Waals surface area contributed by atoms with Gasteiger partial charge in [0.05, 0.1) is 13.5 Å². The Morgan fingerprint density at radius 2 is 2.14 bits per heavy atom. The molecule has 1 aromatic rings. The van der Waals surface area contributed by atoms with Crippen molar-refractivity contribution in [3.63, 3.8) is 0 Å². The summed E-state index contributed by atoms with van der Waals surface area (Å²) >= 11 is 5.72. The van der Waals surface area contributed by atoms with Crippen LogP contribution in [0.5, 0.6) is 0 Å². The number of methoxy groups -OCH3 is 1. The van der Waals surface area contributed by atoms with Gasteiger partial charge in [-0.1, -0.05) is 23.7 Å². The Bertz CT molecular complexity index is 289. The van der Waals surface area contributed by atoms with Crippen molar-refractivity contribution in [2.75, 3.05) is 14.2 Å². The van der Waals surface area contributed by atoms with Gasteiger partial charge in [0, 0.05) is 5.02 Å². The number of carbonyl (C=O) groups is 1. The fourth-order valence-corrected chi connectivity index (χ4v) is 1.10. The minimum Gasteiger partial charge on any atom is -0.469 e. The van der Waals surface area contributed by atoms with E-state index in [-0.39, 0.29) is 12.4 Å². The summed E-state index contributed by atoms with van der Waals surface area (Å²) in [4.78, 5) is 10.8. The molecule has 0 atom stereocenters. The number of halogens is 1. The highest BCUT2D eigenvalue weighted by atomic mass is 35.5. The zero-order chi connectivity index (χ0) is 11.0. The molecule has 1 aromatic carbocycles. The average Bonchev–Trinajstić information content (AvgIpc) is 2.21. The second-order valence-corrected chi connectivity index (χ2v) is 2.82. The first kappa shape index (κ1) is 12.9. The number of ether oxygens (including phenoxy) is 1. The van der Waals surface area contributed by atoms with E-state index in [1.165, 1.54) is 14.2 Å². The van der Waals surface area contributed by atoms with Crippen LogP contribution in [0.4, 0.5) is 0 Å². The van der Waals surface area contributed by atoms with Crippen molar-refractivity contribution in [1.29, 1.82) is 0 Å². The molecule has 0 aliphatic heterocycles. The molecule has 0 radical (unpaired) electrons. The standard InChI is InChI=1S/C9H9ClO2.CH5N/c1-12-9(11)6-7-3-2-4-8(10)5-7;1-2/h2-5H,6H2,1H3;2H2,1H3. The summed E-state index contributed by atoms with van der Waals surface area (Å²) in [6.45, 7) is 0. The third kappa shape index (κ3) is 4.84. The van der Waals surface area contributed by atoms with Crippen LogP contribution in [-0.4, -0.2) is 20.1 Å². The van der Waals surface area contributed by atoms with Crippen LogP contribution in [0, 0.1) is 0 Å². The van der Waals surface area contributed by atoms with Crippen molar-refractivity contribution in [1.82, 2.24) is 0 Å². The van der Waals surface area contributed by atoms with E-state index in [0.29, 0.717) is 5.02 Å². The highest BCUT2D eigenvalue weighted by Gasteiger charge is 2.01. The predicted molar refractivity (Wildman–Crippen MR) is 57.3 cm³/mol. The molecule has 4 heteroatoms. The molecule has 0 fully saturated rings. The summed E-state index contributed by atoms with van der Waals surface area (Å²) in [6, 6.07) is 7.16. The topological polar surface area (TPSA) is 52.3 Å². The van der Waals surface area contributed by atoms with Crippen molar-refractivity contribution in [2.24, 2.45) is 5.73 Å². The Labute approximate surface area is 88.8 Å². The third-order valence-electron chi connectivity index (χ3n) is 1.47. The van der Waals surface area contributed by atoms with Crippen molar-refractivity contribution in [3.05, 3.63) is 34.9 Å². The molecule has 0 saturated heterocycles. The molecule has 0 aromatic heterocycles. The maximum Gasteiger partial charge on any atom is 0.309 e. The molecule has 1 rings (SSSR count). The molecule has 0 amide bonds. The highest BCUT2D eigenvalue weighted by Crippen LogP contribution is 2.11. The zero-order valence-corrected chi connectivity index (χ0v) is 9.04. The largest absolute Gasteiger partial charge is 0.469 e. The molecule has 78 valence electrons. The second-order valence-electron chi connectivity index (χ2n) is 2.38. The first-order chi connectivity index (χ1) is 6.72. The predicted octanol–water partition coefficient (Wildman–Crippen LogP) is 1.63. The molecule has 3 nitrogen and oxygen atoms in total. The number of hydrogen-bond donors (Lipinski definition) is 1. The van der Waals surface area contributed by atoms with Gasteiger partial charge in [0.1, 0.15) is 0 Å². The smallest absolute Gasteiger partial charge is 0.309 e. The molecular formula is C10H14ClNO2. The van der Waals surface area contributed by atoms with Gasteiger partial charge < -0.3 is 10.5 Å². The van der Waals surface area contributed by atoms with Crippen LogP contribution in [0.15, 0.2) is 24.3 Å². The molecule has 0 bridgehead atoms. The molecule has 0 saturated carbocycles. The van der Waals surface area contributed by atoms with Crippen LogP contribution < -0.4 is 5.73 Å². The van der Waals surface area contributed by atoms with E-state index in [1.54, 1.807) is 18.2 Å². The van der Waals surface area contributed by atoms with E-state index in [4.69, 9.17) is 11.6 Å². The molecule has 0 heterocycles. The number of esters is 1. The Kier molecular flexibility index (Phi) is 6.80. The molecular weight excluding hydrogens is 202 g/mol. The minimum absolute atomic E-state index is 0.253. The quantitative estimate of drug-likeness (QED) is 0.763. The van der Waals surface area contributed by atoms with E-state index >= 15 is 0 Å². The lowest BCUT2D eigenvalue weighted by Gasteiger charge is -1.99. The Hall–Kier alpha value is -1.06. The first-order valence-corrected chi connectivity index (χ1v) is 4.49. The van der Waals surface area contributed by atoms with Gasteiger partial charge in [-0.15, -0.1) is 0 Å². The van der Waals surface area contributed by atoms with Gasteiger partial charge in [-0.25, -0.2) is 0 Å². The Morgan fingerprint density at radius 3 is 2.64 bits per heavy atom. The zero-order valence-electron chi connectivity index (χ0n) is 8.29. The van der Waals surface area contributed by atoms with E-state index in [0.717, 1.165) is 5.56 Å². The minimum atomic E-state index is -0.253. The van der Waals surface area contributed by atoms with Gasteiger partial charge in [-0.2, -0.15) is 0 Å². The first-order valence-electron chi connectivity index (χ1n) is 4.11. The van der Waals surface area contributed by atoms with E-state index in [2.05, 4.69) is 10.5 Å². The summed E-state index contributed by atoms with van der Waals surface area (Å²) < 4.78 is 4.51. The summed E-state index contributed by atoms with van der Waals surface area (Å²) in [5.41, 5.74) is 5.37. The van der Waals surface area contributed by atoms with E-state index in [1.807, 2.05) is 6.07 Å². The number of benzene rings is 1. The summed E-state index contributed by atoms with van der Waals surface area (Å²) in [7, 11) is 2.87. The van der Waals surface area contributed by atoms with Crippen LogP contribution >= 0.6 is 11.6 Å². The SMILES string of the molecule is CN.COC(=O)Cc1cccc(Cl)c1. The fourth-order valence-electron chi connectivity index (χ4n) is 0.886. The van der Waals surface area contributed by atoms with Crippen molar-refractivity contribution in [3.8, 4) is 0 Å². The Morgan fingerprint density at radius 1 is 1.50 bits per heavy atom. The molecule has 0 spiro atoms. The molecule has 2 N–H and O–H groups in total. The summed E-state index contributed by atoms with van der Waals surface area (Å²) in [5, 5.41) is 0.636. The molecule has 0 aliphatic carbocycles. The van der Waals surface area contributed by atoms with Gasteiger partial charge >= 0.3 is 5.97 Å². The molecule has 0 aliphatic rings. The number of carbonyl (C=O) groups excluding carboxylic acids is 1. The van der Waals surface area contributed by atoms with Gasteiger partial charge in [-0.3, -0.25) is 4.79 Å². The monoisotopic (exact) mass is 215 g/mol. The van der Waals surface area contributed by atoms with Crippen molar-refractivity contribution < 1.29 is 9.53 Å². The van der Waals surface area contributed by atoms with Crippen molar-refractivity contribution >= 4 is 17.6 Å². The summed E-state index contributed by atoms with van der Waals surface area (Å²) in [6.07, 6.45) is 0.275. The normalized spacial score (nSPS) is 8.57. The van der Waals surface area contributed by atoms with Crippen LogP contribution in [-0.2, 0) is 16.0 Å². The number of nitrogens with two attached hydrogens (primary N) is 1. The molecule has 14 heavy (non-hydrogen) atoms. The van der Waals surface area contributed by atoms with Gasteiger partial charge in [0.25, 0.3) is 0 Å². The summed E-state index contributed by atoms with van der Waals surface area (Å²) in [5.74, 6) is -0.253. The number of rotatable bonds is 2. The van der Waals surface area contributed by atoms with Crippen LogP contribution in [0.1, 0.15) is 5.56 Å². The fraction of sp³-hybridized carbons (Fsp3) is 0.300. The average molecular weight is 216 g/mol. The Balaban J connectivity index is 0.000000791. The van der Waals surface area contributed by atoms with Gasteiger partial charge in [-0.05, 0) is 24.7 Å². The molecule has 0 unspecified atom stereocenters. The van der Waals surface area contributed by atoms with Crippen molar-refractivity contribution in [2.45, 2.75) is 6.42 Å². The van der Waals surface area contributed by atoms with Gasteiger partial charge in [0.15, 0.2) is 0 Å². The van der Waals surface area contributed by atoms with E-state index in [9.17, 15) is 4.79 Å². The van der Waals surface area contributed by atoms with E-state index < -0.39 is 0 Å². The number of hydrogen-bond acceptors (Lipinski definition) is 3.